The van der Waals surface area contributed by atoms with Crippen molar-refractivity contribution in [1.29, 1.82) is 0 Å². The zero-order valence-corrected chi connectivity index (χ0v) is 9.03. The van der Waals surface area contributed by atoms with Gasteiger partial charge >= 0.3 is 0 Å². The lowest BCUT2D eigenvalue weighted by atomic mass is 10.3. The van der Waals surface area contributed by atoms with Crippen molar-refractivity contribution in [3.63, 3.8) is 0 Å². The number of rotatable bonds is 2. The second-order valence-corrected chi connectivity index (χ2v) is 3.73. The summed E-state index contributed by atoms with van der Waals surface area (Å²) in [6.45, 7) is 0. The molecule has 0 saturated heterocycles. The van der Waals surface area contributed by atoms with Crippen LogP contribution < -0.4 is 0 Å². The minimum absolute atomic E-state index is 0.444. The van der Waals surface area contributed by atoms with E-state index in [-0.39, 0.29) is 0 Å². The molecule has 5 heteroatoms. The first-order valence-electron chi connectivity index (χ1n) is 4.17. The number of aldehydes is 1. The van der Waals surface area contributed by atoms with E-state index < -0.39 is 0 Å². The lowest BCUT2D eigenvalue weighted by Crippen LogP contribution is -2.01. The van der Waals surface area contributed by atoms with Crippen molar-refractivity contribution in [3.05, 3.63) is 46.2 Å². The fourth-order valence-corrected chi connectivity index (χ4v) is 1.75. The Kier molecular flexibility index (Phi) is 2.75. The Morgan fingerprint density at radius 1 is 1.27 bits per heavy atom. The molecule has 0 N–H and O–H groups in total. The smallest absolute Gasteiger partial charge is 0.168 e. The first kappa shape index (κ1) is 10.2. The highest BCUT2D eigenvalue weighted by atomic mass is 35.5. The Balaban J connectivity index is 2.59. The van der Waals surface area contributed by atoms with E-state index in [0.717, 1.165) is 6.29 Å². The molecule has 0 aliphatic rings. The van der Waals surface area contributed by atoms with Crippen LogP contribution in [-0.4, -0.2) is 16.1 Å². The molecule has 0 saturated carbocycles. The second kappa shape index (κ2) is 4.04. The third-order valence-electron chi connectivity index (χ3n) is 1.93. The monoisotopic (exact) mass is 240 g/mol. The fraction of sp³-hybridized carbons (Fsp3) is 0. The van der Waals surface area contributed by atoms with Crippen LogP contribution in [0.1, 0.15) is 10.5 Å². The third-order valence-corrected chi connectivity index (χ3v) is 2.47. The Labute approximate surface area is 96.2 Å². The molecule has 0 aliphatic heterocycles. The molecule has 3 nitrogen and oxygen atoms in total. The maximum absolute atomic E-state index is 10.7. The summed E-state index contributed by atoms with van der Waals surface area (Å²) in [6, 6.07) is 6.62. The first-order valence-corrected chi connectivity index (χ1v) is 4.92. The van der Waals surface area contributed by atoms with Crippen molar-refractivity contribution >= 4 is 29.5 Å². The SMILES string of the molecule is O=Cc1ccnn1-c1ccc(Cl)cc1Cl. The molecule has 15 heavy (non-hydrogen) atoms. The second-order valence-electron chi connectivity index (χ2n) is 2.88. The molecule has 1 aromatic heterocycles. The molecule has 0 aliphatic carbocycles. The summed E-state index contributed by atoms with van der Waals surface area (Å²) in [7, 11) is 0. The molecule has 0 fully saturated rings. The first-order chi connectivity index (χ1) is 7.22. The molecule has 0 spiro atoms. The van der Waals surface area contributed by atoms with Crippen LogP contribution in [0.15, 0.2) is 30.5 Å². The van der Waals surface area contributed by atoms with Gasteiger partial charge in [0.15, 0.2) is 6.29 Å². The Morgan fingerprint density at radius 2 is 2.07 bits per heavy atom. The van der Waals surface area contributed by atoms with E-state index in [0.29, 0.717) is 21.4 Å². The molecule has 0 unspecified atom stereocenters. The predicted octanol–water partition coefficient (Wildman–Crippen LogP) is 2.99. The van der Waals surface area contributed by atoms with Gasteiger partial charge in [-0.2, -0.15) is 5.10 Å². The maximum Gasteiger partial charge on any atom is 0.168 e. The number of benzene rings is 1. The molecule has 0 atom stereocenters. The highest BCUT2D eigenvalue weighted by Gasteiger charge is 2.07. The van der Waals surface area contributed by atoms with E-state index in [1.54, 1.807) is 24.3 Å². The number of halogens is 2. The minimum atomic E-state index is 0.444. The molecule has 0 amide bonds. The van der Waals surface area contributed by atoms with E-state index in [1.165, 1.54) is 10.9 Å². The highest BCUT2D eigenvalue weighted by molar-refractivity contribution is 6.35. The van der Waals surface area contributed by atoms with Gasteiger partial charge in [0.05, 0.1) is 16.9 Å². The summed E-state index contributed by atoms with van der Waals surface area (Å²) in [5, 5.41) is 5.00. The molecule has 2 rings (SSSR count). The summed E-state index contributed by atoms with van der Waals surface area (Å²) in [4.78, 5) is 10.7. The lowest BCUT2D eigenvalue weighted by Gasteiger charge is -2.05. The van der Waals surface area contributed by atoms with Gasteiger partial charge in [-0.25, -0.2) is 4.68 Å². The molecule has 2 aromatic rings. The number of carbonyl (C=O) groups is 1. The van der Waals surface area contributed by atoms with Gasteiger partial charge in [0.2, 0.25) is 0 Å². The van der Waals surface area contributed by atoms with Gasteiger partial charge in [-0.3, -0.25) is 4.79 Å². The van der Waals surface area contributed by atoms with Gasteiger partial charge < -0.3 is 0 Å². The van der Waals surface area contributed by atoms with Crippen molar-refractivity contribution in [1.82, 2.24) is 9.78 Å². The van der Waals surface area contributed by atoms with E-state index >= 15 is 0 Å². The normalized spacial score (nSPS) is 10.3. The molecular weight excluding hydrogens is 235 g/mol. The van der Waals surface area contributed by atoms with Gasteiger partial charge in [0.25, 0.3) is 0 Å². The van der Waals surface area contributed by atoms with E-state index in [1.807, 2.05) is 0 Å². The van der Waals surface area contributed by atoms with Gasteiger partial charge in [-0.15, -0.1) is 0 Å². The average molecular weight is 241 g/mol. The van der Waals surface area contributed by atoms with Gasteiger partial charge in [0, 0.05) is 5.02 Å². The predicted molar refractivity (Wildman–Crippen MR) is 59.0 cm³/mol. The number of carbonyl (C=O) groups excluding carboxylic acids is 1. The zero-order chi connectivity index (χ0) is 10.8. The van der Waals surface area contributed by atoms with Crippen molar-refractivity contribution in [2.45, 2.75) is 0 Å². The van der Waals surface area contributed by atoms with Crippen LogP contribution in [0.25, 0.3) is 5.69 Å². The van der Waals surface area contributed by atoms with Crippen LogP contribution in [0.5, 0.6) is 0 Å². The summed E-state index contributed by atoms with van der Waals surface area (Å²) in [6.07, 6.45) is 2.26. The molecule has 0 radical (unpaired) electrons. The Hall–Kier alpha value is -1.32. The zero-order valence-electron chi connectivity index (χ0n) is 7.52. The summed E-state index contributed by atoms with van der Waals surface area (Å²) < 4.78 is 1.46. The molecule has 0 bridgehead atoms. The summed E-state index contributed by atoms with van der Waals surface area (Å²) >= 11 is 11.8. The van der Waals surface area contributed by atoms with Gasteiger partial charge in [0.1, 0.15) is 5.69 Å². The van der Waals surface area contributed by atoms with E-state index in [9.17, 15) is 4.79 Å². The van der Waals surface area contributed by atoms with Crippen molar-refractivity contribution in [2.75, 3.05) is 0 Å². The van der Waals surface area contributed by atoms with Crippen LogP contribution in [-0.2, 0) is 0 Å². The summed E-state index contributed by atoms with van der Waals surface area (Å²) in [5.74, 6) is 0. The lowest BCUT2D eigenvalue weighted by molar-refractivity contribution is 0.111. The van der Waals surface area contributed by atoms with Gasteiger partial charge in [-0.05, 0) is 24.3 Å². The minimum Gasteiger partial charge on any atom is -0.296 e. The van der Waals surface area contributed by atoms with Crippen LogP contribution in [0.2, 0.25) is 10.0 Å². The standard InChI is InChI=1S/C10H6Cl2N2O/c11-7-1-2-10(9(12)5-7)14-8(6-15)3-4-13-14/h1-6H. The Bertz CT molecular complexity index is 508. The number of aromatic nitrogens is 2. The van der Waals surface area contributed by atoms with Crippen molar-refractivity contribution in [3.8, 4) is 5.69 Å². The van der Waals surface area contributed by atoms with Crippen LogP contribution in [0, 0.1) is 0 Å². The maximum atomic E-state index is 10.7. The number of hydrogen-bond acceptors (Lipinski definition) is 2. The quantitative estimate of drug-likeness (QED) is 0.757. The van der Waals surface area contributed by atoms with Gasteiger partial charge in [-0.1, -0.05) is 23.2 Å². The Morgan fingerprint density at radius 3 is 2.73 bits per heavy atom. The topological polar surface area (TPSA) is 34.9 Å². The molecule has 1 heterocycles. The molecular formula is C10H6Cl2N2O. The largest absolute Gasteiger partial charge is 0.296 e. The van der Waals surface area contributed by atoms with Crippen LogP contribution in [0.3, 0.4) is 0 Å². The van der Waals surface area contributed by atoms with E-state index in [4.69, 9.17) is 23.2 Å². The van der Waals surface area contributed by atoms with Crippen LogP contribution >= 0.6 is 23.2 Å². The fourth-order valence-electron chi connectivity index (χ4n) is 1.26. The third kappa shape index (κ3) is 1.89. The average Bonchev–Trinajstić information content (AvgIpc) is 2.65. The highest BCUT2D eigenvalue weighted by Crippen LogP contribution is 2.24. The van der Waals surface area contributed by atoms with Crippen molar-refractivity contribution < 1.29 is 4.79 Å². The number of nitrogens with zero attached hydrogens (tertiary/aromatic N) is 2. The van der Waals surface area contributed by atoms with Crippen molar-refractivity contribution in [2.24, 2.45) is 0 Å². The van der Waals surface area contributed by atoms with E-state index in [2.05, 4.69) is 5.10 Å². The van der Waals surface area contributed by atoms with Crippen LogP contribution in [0.4, 0.5) is 0 Å². The summed E-state index contributed by atoms with van der Waals surface area (Å²) in [5.41, 5.74) is 1.08. The molecule has 1 aromatic carbocycles. The molecule has 76 valence electrons. The number of hydrogen-bond donors (Lipinski definition) is 0.